The number of aliphatic hydroxyl groups is 1. The van der Waals surface area contributed by atoms with Gasteiger partial charge in [-0.2, -0.15) is 0 Å². The molecule has 1 fully saturated rings. The van der Waals surface area contributed by atoms with Crippen LogP contribution in [0, 0.1) is 0 Å². The average Bonchev–Trinajstić information content (AvgIpc) is 2.87. The van der Waals surface area contributed by atoms with Crippen molar-refractivity contribution in [3.05, 3.63) is 29.3 Å². The molecule has 0 amide bonds. The molecule has 3 rings (SSSR count). The van der Waals surface area contributed by atoms with Crippen LogP contribution in [0.25, 0.3) is 0 Å². The molecule has 3 nitrogen and oxygen atoms in total. The number of para-hydroxylation sites is 1. The molecule has 0 saturated heterocycles. The van der Waals surface area contributed by atoms with Gasteiger partial charge in [-0.1, -0.05) is 18.2 Å². The molecular weight excluding hydrogens is 224 g/mol. The Kier molecular flexibility index (Phi) is 3.52. The fourth-order valence-corrected chi connectivity index (χ4v) is 3.09. The summed E-state index contributed by atoms with van der Waals surface area (Å²) < 4.78 is 0. The highest BCUT2D eigenvalue weighted by Gasteiger charge is 2.19. The third kappa shape index (κ3) is 2.52. The van der Waals surface area contributed by atoms with Gasteiger partial charge in [0, 0.05) is 24.8 Å². The number of rotatable bonds is 3. The maximum absolute atomic E-state index is 9.50. The third-order valence-electron chi connectivity index (χ3n) is 4.21. The summed E-state index contributed by atoms with van der Waals surface area (Å²) >= 11 is 0. The number of aliphatic hydroxyl groups excluding tert-OH is 1. The summed E-state index contributed by atoms with van der Waals surface area (Å²) in [6, 6.07) is 7.16. The Balaban J connectivity index is 1.59. The van der Waals surface area contributed by atoms with Crippen LogP contribution in [0.3, 0.4) is 0 Å². The Morgan fingerprint density at radius 1 is 1.22 bits per heavy atom. The first-order valence-corrected chi connectivity index (χ1v) is 7.09. The minimum Gasteiger partial charge on any atom is -0.393 e. The highest BCUT2D eigenvalue weighted by Crippen LogP contribution is 2.27. The molecule has 0 bridgehead atoms. The van der Waals surface area contributed by atoms with E-state index in [-0.39, 0.29) is 6.10 Å². The van der Waals surface area contributed by atoms with Crippen LogP contribution in [0.2, 0.25) is 0 Å². The summed E-state index contributed by atoms with van der Waals surface area (Å²) in [7, 11) is 0. The van der Waals surface area contributed by atoms with Gasteiger partial charge in [-0.3, -0.25) is 0 Å². The fourth-order valence-electron chi connectivity index (χ4n) is 3.09. The lowest BCUT2D eigenvalue weighted by molar-refractivity contribution is 0.116. The van der Waals surface area contributed by atoms with Gasteiger partial charge < -0.3 is 15.7 Å². The molecule has 0 radical (unpaired) electrons. The van der Waals surface area contributed by atoms with Crippen LogP contribution in [-0.4, -0.2) is 23.8 Å². The lowest BCUT2D eigenvalue weighted by Crippen LogP contribution is -2.34. The first kappa shape index (κ1) is 12.0. The maximum atomic E-state index is 9.50. The number of hydrogen-bond donors (Lipinski definition) is 3. The van der Waals surface area contributed by atoms with Crippen LogP contribution in [0.1, 0.15) is 36.8 Å². The van der Waals surface area contributed by atoms with Crippen LogP contribution < -0.4 is 10.6 Å². The fraction of sp³-hybridized carbons (Fsp3) is 0.600. The van der Waals surface area contributed by atoms with Gasteiger partial charge in [0.25, 0.3) is 0 Å². The molecule has 1 aliphatic heterocycles. The largest absolute Gasteiger partial charge is 0.393 e. The summed E-state index contributed by atoms with van der Waals surface area (Å²) in [4.78, 5) is 0. The van der Waals surface area contributed by atoms with Crippen LogP contribution in [0.4, 0.5) is 5.69 Å². The Morgan fingerprint density at radius 2 is 2.06 bits per heavy atom. The predicted molar refractivity (Wildman–Crippen MR) is 73.7 cm³/mol. The van der Waals surface area contributed by atoms with Gasteiger partial charge in [0.2, 0.25) is 0 Å². The second kappa shape index (κ2) is 5.29. The van der Waals surface area contributed by atoms with Gasteiger partial charge in [-0.15, -0.1) is 0 Å². The normalized spacial score (nSPS) is 26.7. The molecule has 1 saturated carbocycles. The van der Waals surface area contributed by atoms with Crippen molar-refractivity contribution in [2.24, 2.45) is 0 Å². The Labute approximate surface area is 109 Å². The van der Waals surface area contributed by atoms with Crippen molar-refractivity contribution in [2.75, 3.05) is 11.9 Å². The van der Waals surface area contributed by atoms with Crippen molar-refractivity contribution >= 4 is 5.69 Å². The van der Waals surface area contributed by atoms with E-state index in [0.29, 0.717) is 6.04 Å². The van der Waals surface area contributed by atoms with Crippen LogP contribution in [0.15, 0.2) is 18.2 Å². The summed E-state index contributed by atoms with van der Waals surface area (Å²) in [6.07, 6.45) is 5.18. The zero-order valence-corrected chi connectivity index (χ0v) is 10.8. The molecule has 0 atom stereocenters. The molecule has 0 spiro atoms. The van der Waals surface area contributed by atoms with Crippen molar-refractivity contribution in [1.29, 1.82) is 0 Å². The molecule has 98 valence electrons. The highest BCUT2D eigenvalue weighted by atomic mass is 16.3. The lowest BCUT2D eigenvalue weighted by atomic mass is 9.93. The van der Waals surface area contributed by atoms with Crippen LogP contribution in [0.5, 0.6) is 0 Å². The van der Waals surface area contributed by atoms with E-state index in [9.17, 15) is 5.11 Å². The Bertz CT molecular complexity index is 411. The molecule has 0 aromatic heterocycles. The van der Waals surface area contributed by atoms with E-state index in [1.54, 1.807) is 0 Å². The van der Waals surface area contributed by atoms with Crippen molar-refractivity contribution in [3.63, 3.8) is 0 Å². The first-order chi connectivity index (χ1) is 8.83. The average molecular weight is 246 g/mol. The van der Waals surface area contributed by atoms with E-state index in [2.05, 4.69) is 28.8 Å². The summed E-state index contributed by atoms with van der Waals surface area (Å²) in [5.74, 6) is 0. The van der Waals surface area contributed by atoms with Gasteiger partial charge in [-0.05, 0) is 43.2 Å². The summed E-state index contributed by atoms with van der Waals surface area (Å²) in [5.41, 5.74) is 4.19. The monoisotopic (exact) mass is 246 g/mol. The molecule has 18 heavy (non-hydrogen) atoms. The van der Waals surface area contributed by atoms with E-state index < -0.39 is 0 Å². The summed E-state index contributed by atoms with van der Waals surface area (Å²) in [6.45, 7) is 2.01. The van der Waals surface area contributed by atoms with Crippen molar-refractivity contribution in [3.8, 4) is 0 Å². The molecule has 1 aromatic rings. The molecule has 0 unspecified atom stereocenters. The van der Waals surface area contributed by atoms with Crippen LogP contribution in [-0.2, 0) is 13.0 Å². The maximum Gasteiger partial charge on any atom is 0.0541 e. The molecule has 1 aliphatic carbocycles. The molecule has 3 heteroatoms. The van der Waals surface area contributed by atoms with E-state index >= 15 is 0 Å². The van der Waals surface area contributed by atoms with E-state index in [0.717, 1.165) is 45.2 Å². The number of hydrogen-bond acceptors (Lipinski definition) is 3. The second-order valence-corrected chi connectivity index (χ2v) is 5.51. The first-order valence-electron chi connectivity index (χ1n) is 7.09. The molecule has 1 aromatic carbocycles. The molecule has 2 aliphatic rings. The minimum atomic E-state index is -0.0642. The predicted octanol–water partition coefficient (Wildman–Crippen LogP) is 2.05. The van der Waals surface area contributed by atoms with Gasteiger partial charge in [0.05, 0.1) is 6.10 Å². The number of fused-ring (bicyclic) bond motifs is 1. The number of nitrogens with one attached hydrogen (secondary N) is 2. The molecular formula is C15H22N2O. The third-order valence-corrected chi connectivity index (χ3v) is 4.21. The number of benzene rings is 1. The summed E-state index contributed by atoms with van der Waals surface area (Å²) in [5, 5.41) is 16.6. The standard InChI is InChI=1S/C15H22N2O/c18-14-6-4-13(5-7-14)17-10-12-3-1-2-11-8-9-16-15(11)12/h1-3,13-14,16-18H,4-10H2. The zero-order chi connectivity index (χ0) is 12.4. The zero-order valence-electron chi connectivity index (χ0n) is 10.8. The Morgan fingerprint density at radius 3 is 2.89 bits per heavy atom. The van der Waals surface area contributed by atoms with E-state index in [1.807, 2.05) is 0 Å². The molecule has 3 N–H and O–H groups in total. The topological polar surface area (TPSA) is 44.3 Å². The smallest absolute Gasteiger partial charge is 0.0541 e. The minimum absolute atomic E-state index is 0.0642. The van der Waals surface area contributed by atoms with Gasteiger partial charge in [-0.25, -0.2) is 0 Å². The highest BCUT2D eigenvalue weighted by molar-refractivity contribution is 5.61. The lowest BCUT2D eigenvalue weighted by Gasteiger charge is -2.26. The van der Waals surface area contributed by atoms with Crippen molar-refractivity contribution in [2.45, 2.75) is 50.8 Å². The van der Waals surface area contributed by atoms with E-state index in [1.165, 1.54) is 16.8 Å². The van der Waals surface area contributed by atoms with Crippen LogP contribution >= 0.6 is 0 Å². The van der Waals surface area contributed by atoms with Gasteiger partial charge >= 0.3 is 0 Å². The number of anilines is 1. The molecule has 1 heterocycles. The van der Waals surface area contributed by atoms with Crippen molar-refractivity contribution in [1.82, 2.24) is 5.32 Å². The second-order valence-electron chi connectivity index (χ2n) is 5.51. The van der Waals surface area contributed by atoms with Gasteiger partial charge in [0.15, 0.2) is 0 Å². The van der Waals surface area contributed by atoms with Crippen molar-refractivity contribution < 1.29 is 5.11 Å². The van der Waals surface area contributed by atoms with E-state index in [4.69, 9.17) is 0 Å². The SMILES string of the molecule is OC1CCC(NCc2cccc3c2NCC3)CC1. The Hall–Kier alpha value is -1.06. The van der Waals surface area contributed by atoms with Gasteiger partial charge in [0.1, 0.15) is 0 Å². The quantitative estimate of drug-likeness (QED) is 0.765.